The summed E-state index contributed by atoms with van der Waals surface area (Å²) in [7, 11) is 0. The molecule has 0 bridgehead atoms. The molecule has 1 amide bonds. The lowest BCUT2D eigenvalue weighted by Gasteiger charge is -2.25. The zero-order valence-corrected chi connectivity index (χ0v) is 11.9. The topological polar surface area (TPSA) is 84.6 Å². The van der Waals surface area contributed by atoms with Crippen molar-refractivity contribution >= 4 is 11.8 Å². The molecule has 1 unspecified atom stereocenters. The van der Waals surface area contributed by atoms with Crippen molar-refractivity contribution in [3.8, 4) is 0 Å². The quantitative estimate of drug-likeness (QED) is 0.783. The fourth-order valence-corrected chi connectivity index (χ4v) is 1.59. The number of nitrogens with two attached hydrogens (primary N) is 1. The lowest BCUT2D eigenvalue weighted by molar-refractivity contribution is 0.0624. The zero-order valence-electron chi connectivity index (χ0n) is 11.9. The van der Waals surface area contributed by atoms with Gasteiger partial charge in [-0.25, -0.2) is 4.79 Å². The van der Waals surface area contributed by atoms with E-state index in [1.54, 1.807) is 52.0 Å². The number of para-hydroxylation sites is 1. The van der Waals surface area contributed by atoms with Gasteiger partial charge in [-0.3, -0.25) is 5.32 Å². The van der Waals surface area contributed by atoms with E-state index in [0.29, 0.717) is 11.3 Å². The maximum absolute atomic E-state index is 11.7. The van der Waals surface area contributed by atoms with Crippen molar-refractivity contribution in [2.24, 2.45) is 5.73 Å². The predicted octanol–water partition coefficient (Wildman–Crippen LogP) is 2.20. The molecule has 0 aliphatic carbocycles. The van der Waals surface area contributed by atoms with E-state index in [0.717, 1.165) is 0 Å². The number of aliphatic hydroxyl groups is 1. The Bertz CT molecular complexity index is 450. The van der Waals surface area contributed by atoms with Gasteiger partial charge < -0.3 is 15.6 Å². The molecule has 5 heteroatoms. The maximum Gasteiger partial charge on any atom is 0.412 e. The summed E-state index contributed by atoms with van der Waals surface area (Å²) in [6, 6.07) is 6.96. The molecule has 0 heterocycles. The van der Waals surface area contributed by atoms with Crippen LogP contribution in [0.5, 0.6) is 0 Å². The second-order valence-corrected chi connectivity index (χ2v) is 5.65. The smallest absolute Gasteiger partial charge is 0.412 e. The molecule has 0 aliphatic rings. The van der Waals surface area contributed by atoms with Crippen molar-refractivity contribution < 1.29 is 14.6 Å². The van der Waals surface area contributed by atoms with Crippen LogP contribution in [0.2, 0.25) is 0 Å². The van der Waals surface area contributed by atoms with E-state index < -0.39 is 17.3 Å². The van der Waals surface area contributed by atoms with Gasteiger partial charge in [-0.2, -0.15) is 0 Å². The molecule has 0 aliphatic heterocycles. The van der Waals surface area contributed by atoms with Gasteiger partial charge in [-0.1, -0.05) is 18.2 Å². The normalized spacial score (nSPS) is 14.6. The number of amides is 1. The third-order valence-corrected chi connectivity index (χ3v) is 2.54. The number of hydrogen-bond acceptors (Lipinski definition) is 4. The fraction of sp³-hybridized carbons (Fsp3) is 0.500. The molecule has 1 atom stereocenters. The van der Waals surface area contributed by atoms with Gasteiger partial charge in [0, 0.05) is 12.1 Å². The number of nitrogens with one attached hydrogen (secondary N) is 1. The van der Waals surface area contributed by atoms with Gasteiger partial charge in [-0.05, 0) is 33.8 Å². The van der Waals surface area contributed by atoms with Crippen molar-refractivity contribution in [1.82, 2.24) is 0 Å². The minimum absolute atomic E-state index is 0.0556. The van der Waals surface area contributed by atoms with E-state index in [1.165, 1.54) is 0 Å². The van der Waals surface area contributed by atoms with Crippen molar-refractivity contribution in [3.05, 3.63) is 29.8 Å². The standard InChI is InChI=1S/C14H22N2O3/c1-13(2,3)19-12(17)16-11-8-6-5-7-10(11)14(4,18)9-15/h5-8,18H,9,15H2,1-4H3,(H,16,17). The van der Waals surface area contributed by atoms with Gasteiger partial charge in [0.05, 0.1) is 5.69 Å². The third kappa shape index (κ3) is 4.54. The molecular formula is C14H22N2O3. The van der Waals surface area contributed by atoms with Crippen LogP contribution in [0.1, 0.15) is 33.3 Å². The summed E-state index contributed by atoms with van der Waals surface area (Å²) >= 11 is 0. The molecule has 0 radical (unpaired) electrons. The molecule has 1 aromatic rings. The lowest BCUT2D eigenvalue weighted by Crippen LogP contribution is -2.33. The van der Waals surface area contributed by atoms with Crippen molar-refractivity contribution in [1.29, 1.82) is 0 Å². The number of anilines is 1. The number of rotatable bonds is 3. The molecule has 0 saturated heterocycles. The van der Waals surface area contributed by atoms with Gasteiger partial charge in [0.25, 0.3) is 0 Å². The highest BCUT2D eigenvalue weighted by Crippen LogP contribution is 2.27. The second-order valence-electron chi connectivity index (χ2n) is 5.65. The molecule has 4 N–H and O–H groups in total. The molecule has 5 nitrogen and oxygen atoms in total. The van der Waals surface area contributed by atoms with E-state index in [2.05, 4.69) is 5.32 Å². The van der Waals surface area contributed by atoms with Crippen LogP contribution in [-0.2, 0) is 10.3 Å². The van der Waals surface area contributed by atoms with Gasteiger partial charge >= 0.3 is 6.09 Å². The van der Waals surface area contributed by atoms with Crippen LogP contribution >= 0.6 is 0 Å². The second kappa shape index (κ2) is 5.59. The minimum atomic E-state index is -1.20. The Kier molecular flexibility index (Phi) is 4.55. The van der Waals surface area contributed by atoms with Crippen LogP contribution in [0.15, 0.2) is 24.3 Å². The van der Waals surface area contributed by atoms with Crippen LogP contribution < -0.4 is 11.1 Å². The van der Waals surface area contributed by atoms with Crippen molar-refractivity contribution in [3.63, 3.8) is 0 Å². The Balaban J connectivity index is 2.94. The first-order valence-electron chi connectivity index (χ1n) is 6.18. The molecule has 19 heavy (non-hydrogen) atoms. The largest absolute Gasteiger partial charge is 0.444 e. The highest BCUT2D eigenvalue weighted by molar-refractivity contribution is 5.86. The highest BCUT2D eigenvalue weighted by atomic mass is 16.6. The van der Waals surface area contributed by atoms with E-state index in [1.807, 2.05) is 0 Å². The summed E-state index contributed by atoms with van der Waals surface area (Å²) in [5.74, 6) is 0. The van der Waals surface area contributed by atoms with Gasteiger partial charge in [0.1, 0.15) is 11.2 Å². The average Bonchev–Trinajstić information content (AvgIpc) is 2.27. The Labute approximate surface area is 113 Å². The average molecular weight is 266 g/mol. The summed E-state index contributed by atoms with van der Waals surface area (Å²) in [6.45, 7) is 7.01. The van der Waals surface area contributed by atoms with Crippen molar-refractivity contribution in [2.75, 3.05) is 11.9 Å². The first-order valence-corrected chi connectivity index (χ1v) is 6.18. The number of ether oxygens (including phenoxy) is 1. The predicted molar refractivity (Wildman–Crippen MR) is 74.9 cm³/mol. The Morgan fingerprint density at radius 1 is 1.32 bits per heavy atom. The monoisotopic (exact) mass is 266 g/mol. The Hall–Kier alpha value is -1.59. The highest BCUT2D eigenvalue weighted by Gasteiger charge is 2.25. The molecule has 0 aromatic heterocycles. The molecule has 0 spiro atoms. The minimum Gasteiger partial charge on any atom is -0.444 e. The number of carbonyl (C=O) groups is 1. The van der Waals surface area contributed by atoms with Crippen LogP contribution in [0.3, 0.4) is 0 Å². The third-order valence-electron chi connectivity index (χ3n) is 2.54. The summed E-state index contributed by atoms with van der Waals surface area (Å²) in [6.07, 6.45) is -0.562. The number of carbonyl (C=O) groups excluding carboxylic acids is 1. The number of hydrogen-bond donors (Lipinski definition) is 3. The Morgan fingerprint density at radius 3 is 2.42 bits per heavy atom. The summed E-state index contributed by atoms with van der Waals surface area (Å²) in [4.78, 5) is 11.7. The molecular weight excluding hydrogens is 244 g/mol. The molecule has 0 saturated carbocycles. The molecule has 1 rings (SSSR count). The van der Waals surface area contributed by atoms with E-state index >= 15 is 0 Å². The molecule has 0 fully saturated rings. The fourth-order valence-electron chi connectivity index (χ4n) is 1.59. The van der Waals surface area contributed by atoms with Gasteiger partial charge in [0.2, 0.25) is 0 Å². The molecule has 1 aromatic carbocycles. The van der Waals surface area contributed by atoms with Crippen LogP contribution in [-0.4, -0.2) is 23.3 Å². The first kappa shape index (κ1) is 15.5. The number of benzene rings is 1. The van der Waals surface area contributed by atoms with Crippen LogP contribution in [0.4, 0.5) is 10.5 Å². The van der Waals surface area contributed by atoms with E-state index in [4.69, 9.17) is 10.5 Å². The first-order chi connectivity index (χ1) is 8.65. The summed E-state index contributed by atoms with van der Waals surface area (Å²) < 4.78 is 5.18. The maximum atomic E-state index is 11.7. The van der Waals surface area contributed by atoms with Gasteiger partial charge in [-0.15, -0.1) is 0 Å². The van der Waals surface area contributed by atoms with Crippen LogP contribution in [0, 0.1) is 0 Å². The van der Waals surface area contributed by atoms with Gasteiger partial charge in [0.15, 0.2) is 0 Å². The SMILES string of the molecule is CC(C)(C)OC(=O)Nc1ccccc1C(C)(O)CN. The lowest BCUT2D eigenvalue weighted by atomic mass is 9.94. The molecule has 106 valence electrons. The van der Waals surface area contributed by atoms with Crippen molar-refractivity contribution in [2.45, 2.75) is 38.9 Å². The zero-order chi connectivity index (χ0) is 14.7. The van der Waals surface area contributed by atoms with E-state index in [9.17, 15) is 9.90 Å². The Morgan fingerprint density at radius 2 is 1.89 bits per heavy atom. The van der Waals surface area contributed by atoms with Crippen LogP contribution in [0.25, 0.3) is 0 Å². The summed E-state index contributed by atoms with van der Waals surface area (Å²) in [5, 5.41) is 12.8. The van der Waals surface area contributed by atoms with E-state index in [-0.39, 0.29) is 6.54 Å². The summed E-state index contributed by atoms with van der Waals surface area (Å²) in [5.41, 5.74) is 4.82.